The monoisotopic (exact) mass is 275 g/mol. The van der Waals surface area contributed by atoms with Crippen LogP contribution in [0.2, 0.25) is 0 Å². The lowest BCUT2D eigenvalue weighted by molar-refractivity contribution is 0.228. The normalized spacial score (nSPS) is 20.0. The number of nitrogens with zero attached hydrogens (tertiary/aromatic N) is 2. The summed E-state index contributed by atoms with van der Waals surface area (Å²) in [5.74, 6) is 2.37. The number of aromatic nitrogens is 1. The Hall–Kier alpha value is -1.09. The van der Waals surface area contributed by atoms with Gasteiger partial charge in [0.15, 0.2) is 0 Å². The second-order valence-corrected chi connectivity index (χ2v) is 6.80. The molecule has 1 aliphatic heterocycles. The van der Waals surface area contributed by atoms with Crippen molar-refractivity contribution in [3.8, 4) is 0 Å². The van der Waals surface area contributed by atoms with Crippen LogP contribution in [0.15, 0.2) is 18.3 Å². The predicted molar refractivity (Wildman–Crippen MR) is 86.0 cm³/mol. The summed E-state index contributed by atoms with van der Waals surface area (Å²) in [6.07, 6.45) is 4.64. The third kappa shape index (κ3) is 4.20. The summed E-state index contributed by atoms with van der Waals surface area (Å²) in [5, 5.41) is 3.38. The standard InChI is InChI=1S/C17H29N3/c1-13(2)10-18-17-8-7-15(11-19-17)16-6-5-9-20(16)12-14(3)4/h7-8,11,13-14,16H,5-6,9-10,12H2,1-4H3,(H,18,19). The molecule has 1 aliphatic rings. The molecule has 0 amide bonds. The second kappa shape index (κ2) is 7.07. The molecule has 0 aromatic carbocycles. The first kappa shape index (κ1) is 15.3. The molecule has 112 valence electrons. The van der Waals surface area contributed by atoms with Crippen LogP contribution in [0, 0.1) is 11.8 Å². The van der Waals surface area contributed by atoms with E-state index in [1.807, 2.05) is 0 Å². The van der Waals surface area contributed by atoms with E-state index < -0.39 is 0 Å². The van der Waals surface area contributed by atoms with Crippen molar-refractivity contribution in [2.45, 2.75) is 46.6 Å². The first-order valence-electron chi connectivity index (χ1n) is 8.00. The summed E-state index contributed by atoms with van der Waals surface area (Å²) in [7, 11) is 0. The summed E-state index contributed by atoms with van der Waals surface area (Å²) in [6.45, 7) is 12.4. The maximum absolute atomic E-state index is 4.57. The minimum atomic E-state index is 0.573. The van der Waals surface area contributed by atoms with Gasteiger partial charge in [-0.1, -0.05) is 33.8 Å². The number of rotatable bonds is 6. The number of likely N-dealkylation sites (tertiary alicyclic amines) is 1. The molecule has 0 radical (unpaired) electrons. The summed E-state index contributed by atoms with van der Waals surface area (Å²) < 4.78 is 0. The van der Waals surface area contributed by atoms with Crippen molar-refractivity contribution in [1.29, 1.82) is 0 Å². The van der Waals surface area contributed by atoms with E-state index in [4.69, 9.17) is 0 Å². The Labute approximate surface area is 123 Å². The molecule has 3 heteroatoms. The zero-order chi connectivity index (χ0) is 14.5. The van der Waals surface area contributed by atoms with Gasteiger partial charge in [0.1, 0.15) is 5.82 Å². The number of hydrogen-bond acceptors (Lipinski definition) is 3. The Kier molecular flexibility index (Phi) is 5.41. The highest BCUT2D eigenvalue weighted by Gasteiger charge is 2.26. The van der Waals surface area contributed by atoms with Gasteiger partial charge >= 0.3 is 0 Å². The van der Waals surface area contributed by atoms with Crippen molar-refractivity contribution in [2.24, 2.45) is 11.8 Å². The predicted octanol–water partition coefficient (Wildman–Crippen LogP) is 3.94. The van der Waals surface area contributed by atoms with Crippen LogP contribution in [0.25, 0.3) is 0 Å². The molecule has 0 saturated carbocycles. The van der Waals surface area contributed by atoms with Crippen molar-refractivity contribution < 1.29 is 0 Å². The average molecular weight is 275 g/mol. The van der Waals surface area contributed by atoms with E-state index in [1.165, 1.54) is 31.5 Å². The zero-order valence-electron chi connectivity index (χ0n) is 13.4. The Morgan fingerprint density at radius 1 is 1.25 bits per heavy atom. The molecule has 1 fully saturated rings. The zero-order valence-corrected chi connectivity index (χ0v) is 13.4. The van der Waals surface area contributed by atoms with Crippen molar-refractivity contribution in [3.63, 3.8) is 0 Å². The SMILES string of the molecule is CC(C)CNc1ccc(C2CCCN2CC(C)C)cn1. The topological polar surface area (TPSA) is 28.2 Å². The van der Waals surface area contributed by atoms with Crippen LogP contribution in [0.5, 0.6) is 0 Å². The minimum absolute atomic E-state index is 0.573. The number of hydrogen-bond donors (Lipinski definition) is 1. The quantitative estimate of drug-likeness (QED) is 0.852. The molecule has 1 atom stereocenters. The van der Waals surface area contributed by atoms with E-state index in [9.17, 15) is 0 Å². The molecule has 1 unspecified atom stereocenters. The van der Waals surface area contributed by atoms with Gasteiger partial charge in [0.2, 0.25) is 0 Å². The van der Waals surface area contributed by atoms with Crippen molar-refractivity contribution >= 4 is 5.82 Å². The first-order chi connectivity index (χ1) is 9.56. The van der Waals surface area contributed by atoms with Crippen LogP contribution < -0.4 is 5.32 Å². The lowest BCUT2D eigenvalue weighted by Gasteiger charge is -2.26. The van der Waals surface area contributed by atoms with Crippen LogP contribution in [0.3, 0.4) is 0 Å². The molecule has 0 bridgehead atoms. The molecule has 2 rings (SSSR count). The highest BCUT2D eigenvalue weighted by atomic mass is 15.2. The fraction of sp³-hybridized carbons (Fsp3) is 0.706. The Morgan fingerprint density at radius 3 is 2.65 bits per heavy atom. The van der Waals surface area contributed by atoms with Gasteiger partial charge in [0, 0.05) is 25.3 Å². The molecule has 20 heavy (non-hydrogen) atoms. The third-order valence-electron chi connectivity index (χ3n) is 3.83. The van der Waals surface area contributed by atoms with Gasteiger partial charge in [-0.2, -0.15) is 0 Å². The van der Waals surface area contributed by atoms with Gasteiger partial charge in [-0.25, -0.2) is 4.98 Å². The van der Waals surface area contributed by atoms with Gasteiger partial charge in [-0.15, -0.1) is 0 Å². The van der Waals surface area contributed by atoms with E-state index in [0.29, 0.717) is 12.0 Å². The molecule has 1 aromatic rings. The minimum Gasteiger partial charge on any atom is -0.370 e. The summed E-state index contributed by atoms with van der Waals surface area (Å²) in [5.41, 5.74) is 1.37. The Balaban J connectivity index is 1.98. The van der Waals surface area contributed by atoms with Crippen LogP contribution in [-0.2, 0) is 0 Å². The van der Waals surface area contributed by atoms with Gasteiger partial charge in [-0.3, -0.25) is 4.90 Å². The third-order valence-corrected chi connectivity index (χ3v) is 3.83. The van der Waals surface area contributed by atoms with Crippen LogP contribution in [0.1, 0.15) is 52.1 Å². The van der Waals surface area contributed by atoms with E-state index in [2.05, 4.69) is 61.2 Å². The van der Waals surface area contributed by atoms with E-state index in [1.54, 1.807) is 0 Å². The van der Waals surface area contributed by atoms with Crippen LogP contribution >= 0.6 is 0 Å². The smallest absolute Gasteiger partial charge is 0.125 e. The lowest BCUT2D eigenvalue weighted by Crippen LogP contribution is -2.27. The average Bonchev–Trinajstić information content (AvgIpc) is 2.84. The van der Waals surface area contributed by atoms with Crippen LogP contribution in [0.4, 0.5) is 5.82 Å². The fourth-order valence-corrected chi connectivity index (χ4v) is 2.91. The largest absolute Gasteiger partial charge is 0.370 e. The fourth-order valence-electron chi connectivity index (χ4n) is 2.91. The molecule has 1 saturated heterocycles. The molecule has 2 heterocycles. The first-order valence-corrected chi connectivity index (χ1v) is 8.00. The molecule has 3 nitrogen and oxygen atoms in total. The number of anilines is 1. The van der Waals surface area contributed by atoms with Gasteiger partial charge in [0.05, 0.1) is 0 Å². The van der Waals surface area contributed by atoms with Crippen molar-refractivity contribution in [1.82, 2.24) is 9.88 Å². The van der Waals surface area contributed by atoms with Crippen molar-refractivity contribution in [3.05, 3.63) is 23.9 Å². The molecular formula is C17H29N3. The van der Waals surface area contributed by atoms with Gasteiger partial charge in [-0.05, 0) is 42.9 Å². The van der Waals surface area contributed by atoms with Crippen molar-refractivity contribution in [2.75, 3.05) is 25.0 Å². The highest BCUT2D eigenvalue weighted by molar-refractivity contribution is 5.36. The molecule has 0 aliphatic carbocycles. The van der Waals surface area contributed by atoms with Crippen LogP contribution in [-0.4, -0.2) is 29.5 Å². The molecule has 0 spiro atoms. The number of nitrogens with one attached hydrogen (secondary N) is 1. The van der Waals surface area contributed by atoms with E-state index >= 15 is 0 Å². The number of pyridine rings is 1. The molecule has 1 aromatic heterocycles. The summed E-state index contributed by atoms with van der Waals surface area (Å²) >= 11 is 0. The van der Waals surface area contributed by atoms with E-state index in [0.717, 1.165) is 18.3 Å². The summed E-state index contributed by atoms with van der Waals surface area (Å²) in [6, 6.07) is 4.95. The summed E-state index contributed by atoms with van der Waals surface area (Å²) in [4.78, 5) is 7.19. The molecular weight excluding hydrogens is 246 g/mol. The Morgan fingerprint density at radius 2 is 2.05 bits per heavy atom. The van der Waals surface area contributed by atoms with Gasteiger partial charge in [0.25, 0.3) is 0 Å². The Bertz CT molecular complexity index is 397. The lowest BCUT2D eigenvalue weighted by atomic mass is 10.1. The molecule has 1 N–H and O–H groups in total. The maximum atomic E-state index is 4.57. The van der Waals surface area contributed by atoms with Gasteiger partial charge < -0.3 is 5.32 Å². The van der Waals surface area contributed by atoms with E-state index in [-0.39, 0.29) is 0 Å². The highest BCUT2D eigenvalue weighted by Crippen LogP contribution is 2.32. The second-order valence-electron chi connectivity index (χ2n) is 6.80. The maximum Gasteiger partial charge on any atom is 0.125 e.